The SMILES string of the molecule is COC1([Si](C)(C)C)CCCCC1O. The molecule has 2 unspecified atom stereocenters. The molecule has 1 N–H and O–H groups in total. The van der Waals surface area contributed by atoms with Crippen LogP contribution >= 0.6 is 0 Å². The van der Waals surface area contributed by atoms with Gasteiger partial charge in [0.1, 0.15) is 0 Å². The van der Waals surface area contributed by atoms with Crippen LogP contribution in [0.3, 0.4) is 0 Å². The zero-order valence-corrected chi connectivity index (χ0v) is 10.3. The normalized spacial score (nSPS) is 36.2. The second-order valence-electron chi connectivity index (χ2n) is 5.11. The summed E-state index contributed by atoms with van der Waals surface area (Å²) in [5, 5.41) is 9.88. The minimum atomic E-state index is -1.44. The van der Waals surface area contributed by atoms with Crippen LogP contribution in [0.4, 0.5) is 0 Å². The first-order valence-electron chi connectivity index (χ1n) is 5.17. The molecule has 1 aliphatic rings. The van der Waals surface area contributed by atoms with Crippen LogP contribution in [-0.2, 0) is 4.74 Å². The lowest BCUT2D eigenvalue weighted by Gasteiger charge is -2.48. The Labute approximate surface area is 82.3 Å². The van der Waals surface area contributed by atoms with Crippen LogP contribution in [0.2, 0.25) is 19.6 Å². The third-order valence-corrected chi connectivity index (χ3v) is 6.77. The average Bonchev–Trinajstić information content (AvgIpc) is 2.03. The number of hydrogen-bond acceptors (Lipinski definition) is 2. The van der Waals surface area contributed by atoms with E-state index in [9.17, 15) is 5.11 Å². The molecule has 2 nitrogen and oxygen atoms in total. The molecule has 3 heteroatoms. The quantitative estimate of drug-likeness (QED) is 0.696. The maximum atomic E-state index is 10.1. The number of methoxy groups -OCH3 is 1. The Balaban J connectivity index is 2.89. The van der Waals surface area contributed by atoms with Crippen molar-refractivity contribution in [3.8, 4) is 0 Å². The van der Waals surface area contributed by atoms with Crippen molar-refractivity contribution in [2.45, 2.75) is 56.7 Å². The largest absolute Gasteiger partial charge is 0.390 e. The first kappa shape index (κ1) is 11.2. The second-order valence-corrected chi connectivity index (χ2v) is 10.5. The van der Waals surface area contributed by atoms with Gasteiger partial charge in [-0.05, 0) is 12.8 Å². The fourth-order valence-electron chi connectivity index (χ4n) is 2.54. The smallest absolute Gasteiger partial charge is 0.0858 e. The molecule has 1 aliphatic carbocycles. The molecule has 13 heavy (non-hydrogen) atoms. The minimum Gasteiger partial charge on any atom is -0.390 e. The van der Waals surface area contributed by atoms with Crippen LogP contribution in [0.15, 0.2) is 0 Å². The first-order chi connectivity index (χ1) is 5.94. The van der Waals surface area contributed by atoms with E-state index in [1.807, 2.05) is 0 Å². The highest BCUT2D eigenvalue weighted by Gasteiger charge is 2.50. The number of ether oxygens (including phenoxy) is 1. The van der Waals surface area contributed by atoms with Crippen LogP contribution in [0.5, 0.6) is 0 Å². The molecular formula is C10H22O2Si. The highest BCUT2D eigenvalue weighted by molar-refractivity contribution is 6.79. The van der Waals surface area contributed by atoms with Gasteiger partial charge in [-0.2, -0.15) is 0 Å². The minimum absolute atomic E-state index is 0.189. The van der Waals surface area contributed by atoms with Gasteiger partial charge >= 0.3 is 0 Å². The molecule has 1 fully saturated rings. The zero-order chi connectivity index (χ0) is 10.1. The standard InChI is InChI=1S/C10H22O2Si/c1-12-10(13(2,3)4)8-6-5-7-9(10)11/h9,11H,5-8H2,1-4H3. The van der Waals surface area contributed by atoms with Gasteiger partial charge in [0.15, 0.2) is 0 Å². The van der Waals surface area contributed by atoms with E-state index < -0.39 is 8.07 Å². The Morgan fingerprint density at radius 2 is 1.92 bits per heavy atom. The van der Waals surface area contributed by atoms with Crippen molar-refractivity contribution in [3.63, 3.8) is 0 Å². The Bertz CT molecular complexity index is 176. The zero-order valence-electron chi connectivity index (χ0n) is 9.26. The Morgan fingerprint density at radius 1 is 1.31 bits per heavy atom. The van der Waals surface area contributed by atoms with Gasteiger partial charge in [0, 0.05) is 7.11 Å². The number of aliphatic hydroxyl groups excluding tert-OH is 1. The lowest BCUT2D eigenvalue weighted by atomic mass is 9.94. The Kier molecular flexibility index (Phi) is 3.20. The summed E-state index contributed by atoms with van der Waals surface area (Å²) in [6.45, 7) is 6.85. The fraction of sp³-hybridized carbons (Fsp3) is 1.00. The summed E-state index contributed by atoms with van der Waals surface area (Å²) in [5.74, 6) is 0. The molecule has 0 aliphatic heterocycles. The van der Waals surface area contributed by atoms with E-state index in [1.54, 1.807) is 7.11 Å². The van der Waals surface area contributed by atoms with Crippen molar-refractivity contribution < 1.29 is 9.84 Å². The summed E-state index contributed by atoms with van der Waals surface area (Å²) in [7, 11) is 0.315. The molecule has 0 spiro atoms. The molecule has 0 radical (unpaired) electrons. The van der Waals surface area contributed by atoms with Gasteiger partial charge < -0.3 is 9.84 Å². The molecule has 1 saturated carbocycles. The Hall–Kier alpha value is 0.137. The van der Waals surface area contributed by atoms with Crippen molar-refractivity contribution in [2.75, 3.05) is 7.11 Å². The third-order valence-electron chi connectivity index (χ3n) is 3.45. The number of hydrogen-bond donors (Lipinski definition) is 1. The van der Waals surface area contributed by atoms with Crippen LogP contribution in [0.25, 0.3) is 0 Å². The molecule has 0 aromatic heterocycles. The molecule has 78 valence electrons. The molecule has 0 heterocycles. The van der Waals surface area contributed by atoms with E-state index in [0.29, 0.717) is 0 Å². The number of aliphatic hydroxyl groups is 1. The van der Waals surface area contributed by atoms with E-state index in [0.717, 1.165) is 19.3 Å². The molecule has 0 saturated heterocycles. The summed E-state index contributed by atoms with van der Waals surface area (Å²) in [5.41, 5.74) is 0. The summed E-state index contributed by atoms with van der Waals surface area (Å²) >= 11 is 0. The molecule has 0 aromatic rings. The fourth-order valence-corrected chi connectivity index (χ4v) is 5.23. The summed E-state index contributed by atoms with van der Waals surface area (Å²) in [6.07, 6.45) is 4.07. The van der Waals surface area contributed by atoms with Gasteiger partial charge in [-0.15, -0.1) is 0 Å². The number of rotatable bonds is 2. The Morgan fingerprint density at radius 3 is 2.23 bits per heavy atom. The van der Waals surface area contributed by atoms with Crippen LogP contribution in [0.1, 0.15) is 25.7 Å². The molecule has 0 aromatic carbocycles. The molecule has 0 amide bonds. The van der Waals surface area contributed by atoms with Crippen molar-refractivity contribution in [3.05, 3.63) is 0 Å². The van der Waals surface area contributed by atoms with Gasteiger partial charge in [-0.25, -0.2) is 0 Å². The maximum Gasteiger partial charge on any atom is 0.0858 e. The van der Waals surface area contributed by atoms with Crippen molar-refractivity contribution in [1.82, 2.24) is 0 Å². The van der Waals surface area contributed by atoms with E-state index in [-0.39, 0.29) is 11.3 Å². The van der Waals surface area contributed by atoms with E-state index >= 15 is 0 Å². The second kappa shape index (κ2) is 3.71. The van der Waals surface area contributed by atoms with Crippen molar-refractivity contribution >= 4 is 8.07 Å². The molecule has 1 rings (SSSR count). The lowest BCUT2D eigenvalue weighted by molar-refractivity contribution is -0.0753. The summed E-state index contributed by atoms with van der Waals surface area (Å²) in [6, 6.07) is 0. The topological polar surface area (TPSA) is 29.5 Å². The van der Waals surface area contributed by atoms with E-state index in [1.165, 1.54) is 6.42 Å². The molecular weight excluding hydrogens is 180 g/mol. The molecule has 2 atom stereocenters. The summed E-state index contributed by atoms with van der Waals surface area (Å²) < 4.78 is 5.67. The van der Waals surface area contributed by atoms with Gasteiger partial charge in [0.25, 0.3) is 0 Å². The van der Waals surface area contributed by atoms with Crippen molar-refractivity contribution in [2.24, 2.45) is 0 Å². The van der Waals surface area contributed by atoms with Crippen LogP contribution < -0.4 is 0 Å². The average molecular weight is 202 g/mol. The predicted octanol–water partition coefficient (Wildman–Crippen LogP) is 2.18. The molecule has 0 bridgehead atoms. The maximum absolute atomic E-state index is 10.1. The van der Waals surface area contributed by atoms with Gasteiger partial charge in [-0.3, -0.25) is 0 Å². The van der Waals surface area contributed by atoms with Crippen molar-refractivity contribution in [1.29, 1.82) is 0 Å². The van der Waals surface area contributed by atoms with Gasteiger partial charge in [0.2, 0.25) is 0 Å². The van der Waals surface area contributed by atoms with E-state index in [4.69, 9.17) is 4.74 Å². The van der Waals surface area contributed by atoms with Crippen LogP contribution in [0, 0.1) is 0 Å². The lowest BCUT2D eigenvalue weighted by Crippen LogP contribution is -2.62. The van der Waals surface area contributed by atoms with Gasteiger partial charge in [-0.1, -0.05) is 32.5 Å². The predicted molar refractivity (Wildman–Crippen MR) is 57.6 cm³/mol. The van der Waals surface area contributed by atoms with Crippen LogP contribution in [-0.4, -0.2) is 31.6 Å². The highest BCUT2D eigenvalue weighted by Crippen LogP contribution is 2.38. The monoisotopic (exact) mass is 202 g/mol. The highest BCUT2D eigenvalue weighted by atomic mass is 28.3. The van der Waals surface area contributed by atoms with E-state index in [2.05, 4.69) is 19.6 Å². The third kappa shape index (κ3) is 1.83. The summed E-state index contributed by atoms with van der Waals surface area (Å²) in [4.78, 5) is 0. The van der Waals surface area contributed by atoms with Gasteiger partial charge in [0.05, 0.1) is 19.4 Å². The first-order valence-corrected chi connectivity index (χ1v) is 8.67.